The number of carbonyl (C=O) groups is 3. The highest BCUT2D eigenvalue weighted by Crippen LogP contribution is 2.37. The monoisotopic (exact) mass is 468 g/mol. The molecule has 2 fully saturated rings. The molecule has 0 spiro atoms. The molecule has 0 saturated carbocycles. The molecule has 0 unspecified atom stereocenters. The van der Waals surface area contributed by atoms with E-state index >= 15 is 0 Å². The van der Waals surface area contributed by atoms with Crippen LogP contribution in [0.1, 0.15) is 35.2 Å². The number of likely N-dealkylation sites (N-methyl/N-ethyl adjacent to an activating group) is 1. The van der Waals surface area contributed by atoms with Gasteiger partial charge in [0, 0.05) is 31.6 Å². The molecule has 176 valence electrons. The van der Waals surface area contributed by atoms with Crippen molar-refractivity contribution in [3.63, 3.8) is 0 Å². The molecular formula is C25H32N4O3S. The van der Waals surface area contributed by atoms with Crippen LogP contribution in [0.4, 0.5) is 4.79 Å². The minimum atomic E-state index is -0.920. The van der Waals surface area contributed by atoms with Gasteiger partial charge in [-0.15, -0.1) is 0 Å². The summed E-state index contributed by atoms with van der Waals surface area (Å²) in [6, 6.07) is 11.6. The standard InChI is InChI=1S/C25H32N4O3S/c1-27(2)15-16-29-23(31)25(26-24(29)32,12-8-19-6-4-3-5-7-19)21-9-13-28(14-10-21)22(30)20-11-17-33-18-20/h3-7,11,17-18,21H,8-10,12-16H2,1-2H3,(H,26,32)/t25-/m0/s1. The Labute approximate surface area is 199 Å². The van der Waals surface area contributed by atoms with E-state index in [1.165, 1.54) is 16.2 Å². The first kappa shape index (κ1) is 23.4. The van der Waals surface area contributed by atoms with Gasteiger partial charge in [0.1, 0.15) is 5.54 Å². The number of urea groups is 1. The summed E-state index contributed by atoms with van der Waals surface area (Å²) in [5.74, 6) is -0.0798. The minimum absolute atomic E-state index is 0.00598. The number of hydrogen-bond donors (Lipinski definition) is 1. The first-order valence-electron chi connectivity index (χ1n) is 11.5. The highest BCUT2D eigenvalue weighted by Gasteiger charge is 2.55. The molecule has 2 aliphatic heterocycles. The maximum Gasteiger partial charge on any atom is 0.325 e. The fourth-order valence-electron chi connectivity index (χ4n) is 4.93. The zero-order valence-corrected chi connectivity index (χ0v) is 20.1. The third kappa shape index (κ3) is 4.96. The van der Waals surface area contributed by atoms with Gasteiger partial charge in [0.05, 0.1) is 5.56 Å². The van der Waals surface area contributed by atoms with E-state index in [0.29, 0.717) is 51.9 Å². The van der Waals surface area contributed by atoms with Gasteiger partial charge in [-0.3, -0.25) is 14.5 Å². The predicted octanol–water partition coefficient (Wildman–Crippen LogP) is 3.09. The number of nitrogens with zero attached hydrogens (tertiary/aromatic N) is 3. The third-order valence-corrected chi connectivity index (χ3v) is 7.55. The molecule has 4 amide bonds. The summed E-state index contributed by atoms with van der Waals surface area (Å²) in [5, 5.41) is 6.90. The van der Waals surface area contributed by atoms with Gasteiger partial charge < -0.3 is 15.1 Å². The number of benzene rings is 1. The molecule has 1 atom stereocenters. The van der Waals surface area contributed by atoms with Crippen LogP contribution in [0.5, 0.6) is 0 Å². The molecule has 1 aromatic carbocycles. The molecule has 1 N–H and O–H groups in total. The average molecular weight is 469 g/mol. The molecular weight excluding hydrogens is 436 g/mol. The van der Waals surface area contributed by atoms with Crippen LogP contribution in [0, 0.1) is 5.92 Å². The zero-order valence-electron chi connectivity index (χ0n) is 19.3. The van der Waals surface area contributed by atoms with Crippen molar-refractivity contribution >= 4 is 29.2 Å². The van der Waals surface area contributed by atoms with Gasteiger partial charge in [-0.05, 0) is 62.7 Å². The van der Waals surface area contributed by atoms with E-state index in [4.69, 9.17) is 0 Å². The summed E-state index contributed by atoms with van der Waals surface area (Å²) in [6.45, 7) is 2.18. The normalized spacial score (nSPS) is 21.7. The molecule has 7 nitrogen and oxygen atoms in total. The minimum Gasteiger partial charge on any atom is -0.339 e. The number of likely N-dealkylation sites (tertiary alicyclic amines) is 1. The van der Waals surface area contributed by atoms with E-state index in [1.807, 2.05) is 58.9 Å². The van der Waals surface area contributed by atoms with Crippen molar-refractivity contribution in [2.24, 2.45) is 5.92 Å². The van der Waals surface area contributed by atoms with E-state index in [1.54, 1.807) is 0 Å². The Morgan fingerprint density at radius 3 is 2.52 bits per heavy atom. The van der Waals surface area contributed by atoms with Gasteiger partial charge in [0.25, 0.3) is 11.8 Å². The summed E-state index contributed by atoms with van der Waals surface area (Å²) in [7, 11) is 3.86. The Bertz CT molecular complexity index is 971. The predicted molar refractivity (Wildman–Crippen MR) is 129 cm³/mol. The third-order valence-electron chi connectivity index (χ3n) is 6.87. The van der Waals surface area contributed by atoms with Gasteiger partial charge in [0.2, 0.25) is 0 Å². The van der Waals surface area contributed by atoms with E-state index in [0.717, 1.165) is 11.1 Å². The molecule has 2 aromatic rings. The fraction of sp³-hybridized carbons (Fsp3) is 0.480. The second-order valence-corrected chi connectivity index (χ2v) is 10.0. The van der Waals surface area contributed by atoms with Crippen LogP contribution in [-0.4, -0.2) is 78.4 Å². The molecule has 1 aromatic heterocycles. The Hall–Kier alpha value is -2.71. The highest BCUT2D eigenvalue weighted by molar-refractivity contribution is 7.08. The van der Waals surface area contributed by atoms with Gasteiger partial charge >= 0.3 is 6.03 Å². The fourth-order valence-corrected chi connectivity index (χ4v) is 5.56. The first-order chi connectivity index (χ1) is 15.9. The zero-order chi connectivity index (χ0) is 23.4. The number of imide groups is 1. The molecule has 8 heteroatoms. The second kappa shape index (κ2) is 10.1. The summed E-state index contributed by atoms with van der Waals surface area (Å²) >= 11 is 1.52. The number of piperidine rings is 1. The number of carbonyl (C=O) groups excluding carboxylic acids is 3. The number of thiophene rings is 1. The number of rotatable bonds is 8. The highest BCUT2D eigenvalue weighted by atomic mass is 32.1. The van der Waals surface area contributed by atoms with Crippen molar-refractivity contribution in [1.29, 1.82) is 0 Å². The largest absolute Gasteiger partial charge is 0.339 e. The SMILES string of the molecule is CN(C)CCN1C(=O)N[C@@](CCc2ccccc2)(C2CCN(C(=O)c3ccsc3)CC2)C1=O. The smallest absolute Gasteiger partial charge is 0.325 e. The summed E-state index contributed by atoms with van der Waals surface area (Å²) in [6.07, 6.45) is 2.65. The quantitative estimate of drug-likeness (QED) is 0.605. The Morgan fingerprint density at radius 1 is 1.15 bits per heavy atom. The molecule has 2 saturated heterocycles. The Balaban J connectivity index is 1.51. The van der Waals surface area contributed by atoms with E-state index in [9.17, 15) is 14.4 Å². The van der Waals surface area contributed by atoms with Gasteiger partial charge in [-0.25, -0.2) is 4.79 Å². The van der Waals surface area contributed by atoms with Crippen LogP contribution < -0.4 is 5.32 Å². The molecule has 0 aliphatic carbocycles. The lowest BCUT2D eigenvalue weighted by atomic mass is 9.74. The van der Waals surface area contributed by atoms with Crippen molar-refractivity contribution in [3.8, 4) is 0 Å². The summed E-state index contributed by atoms with van der Waals surface area (Å²) < 4.78 is 0. The topological polar surface area (TPSA) is 73.0 Å². The van der Waals surface area contributed by atoms with Crippen molar-refractivity contribution in [2.75, 3.05) is 40.3 Å². The van der Waals surface area contributed by atoms with Crippen LogP contribution in [-0.2, 0) is 11.2 Å². The van der Waals surface area contributed by atoms with Gasteiger partial charge in [-0.1, -0.05) is 30.3 Å². The van der Waals surface area contributed by atoms with Crippen molar-refractivity contribution in [1.82, 2.24) is 20.0 Å². The van der Waals surface area contributed by atoms with Crippen LogP contribution in [0.15, 0.2) is 47.2 Å². The lowest BCUT2D eigenvalue weighted by Crippen LogP contribution is -2.57. The van der Waals surface area contributed by atoms with Crippen LogP contribution in [0.2, 0.25) is 0 Å². The number of hydrogen-bond acceptors (Lipinski definition) is 5. The average Bonchev–Trinajstić information content (AvgIpc) is 3.44. The molecule has 4 rings (SSSR count). The maximum atomic E-state index is 13.7. The number of aryl methyl sites for hydroxylation is 1. The molecule has 0 radical (unpaired) electrons. The Kier molecular flexibility index (Phi) is 7.14. The van der Waals surface area contributed by atoms with E-state index < -0.39 is 5.54 Å². The van der Waals surface area contributed by atoms with Crippen LogP contribution in [0.3, 0.4) is 0 Å². The number of nitrogens with one attached hydrogen (secondary N) is 1. The van der Waals surface area contributed by atoms with Crippen LogP contribution in [0.25, 0.3) is 0 Å². The summed E-state index contributed by atoms with van der Waals surface area (Å²) in [4.78, 5) is 44.6. The maximum absolute atomic E-state index is 13.7. The summed E-state index contributed by atoms with van der Waals surface area (Å²) in [5.41, 5.74) is 0.949. The van der Waals surface area contributed by atoms with E-state index in [-0.39, 0.29) is 23.8 Å². The van der Waals surface area contributed by atoms with Crippen molar-refractivity contribution in [2.45, 2.75) is 31.2 Å². The number of amides is 4. The van der Waals surface area contributed by atoms with Gasteiger partial charge in [0.15, 0.2) is 0 Å². The lowest BCUT2D eigenvalue weighted by Gasteiger charge is -2.41. The molecule has 33 heavy (non-hydrogen) atoms. The van der Waals surface area contributed by atoms with Crippen LogP contribution >= 0.6 is 11.3 Å². The Morgan fingerprint density at radius 2 is 1.88 bits per heavy atom. The molecule has 0 bridgehead atoms. The first-order valence-corrected chi connectivity index (χ1v) is 12.5. The van der Waals surface area contributed by atoms with E-state index in [2.05, 4.69) is 17.4 Å². The molecule has 2 aliphatic rings. The van der Waals surface area contributed by atoms with Crippen molar-refractivity contribution in [3.05, 3.63) is 58.3 Å². The van der Waals surface area contributed by atoms with Crippen molar-refractivity contribution < 1.29 is 14.4 Å². The lowest BCUT2D eigenvalue weighted by molar-refractivity contribution is -0.134. The van der Waals surface area contributed by atoms with Gasteiger partial charge in [-0.2, -0.15) is 11.3 Å². The molecule has 3 heterocycles. The second-order valence-electron chi connectivity index (χ2n) is 9.23.